The molecule has 2 fully saturated rings. The van der Waals surface area contributed by atoms with Gasteiger partial charge in [0.15, 0.2) is 0 Å². The zero-order valence-electron chi connectivity index (χ0n) is 20.3. The number of carbonyl (C=O) groups excluding carboxylic acids is 2. The molecule has 3 rings (SSSR count). The largest absolute Gasteiger partial charge is 0.490 e. The predicted octanol–water partition coefficient (Wildman–Crippen LogP) is 2.56. The summed E-state index contributed by atoms with van der Waals surface area (Å²) in [4.78, 5) is 33.9. The van der Waals surface area contributed by atoms with Gasteiger partial charge in [-0.05, 0) is 58.2 Å². The van der Waals surface area contributed by atoms with E-state index in [0.717, 1.165) is 64.2 Å². The van der Waals surface area contributed by atoms with Gasteiger partial charge in [-0.25, -0.2) is 0 Å². The average Bonchev–Trinajstić information content (AvgIpc) is 2.82. The summed E-state index contributed by atoms with van der Waals surface area (Å²) in [7, 11) is 5.83. The number of hydrogen-bond acceptors (Lipinski definition) is 5. The summed E-state index contributed by atoms with van der Waals surface area (Å²) in [5.41, 5.74) is 0.647. The van der Waals surface area contributed by atoms with E-state index >= 15 is 0 Å². The first-order valence-electron chi connectivity index (χ1n) is 12.1. The standard InChI is InChI=1S/C25H40N4O3/c1-5-28-14-7-6-11-23(28)25(31)29-15-12-21(13-16-29)32-22-10-8-9-20(19-22)24(30)27(4)18-17-26(2)3/h8-10,19,21,23H,5-7,11-18H2,1-4H3/t23-/m1/s1. The lowest BCUT2D eigenvalue weighted by atomic mass is 9.99. The van der Waals surface area contributed by atoms with Crippen LogP contribution in [0.3, 0.4) is 0 Å². The minimum atomic E-state index is 0.00526. The molecule has 1 atom stereocenters. The van der Waals surface area contributed by atoms with Gasteiger partial charge in [0.1, 0.15) is 11.9 Å². The molecule has 2 saturated heterocycles. The van der Waals surface area contributed by atoms with E-state index in [1.807, 2.05) is 50.3 Å². The summed E-state index contributed by atoms with van der Waals surface area (Å²) in [6.07, 6.45) is 5.04. The van der Waals surface area contributed by atoms with Gasteiger partial charge in [-0.15, -0.1) is 0 Å². The zero-order chi connectivity index (χ0) is 23.1. The molecule has 32 heavy (non-hydrogen) atoms. The van der Waals surface area contributed by atoms with Crippen LogP contribution >= 0.6 is 0 Å². The third kappa shape index (κ3) is 6.45. The first-order valence-corrected chi connectivity index (χ1v) is 12.1. The third-order valence-electron chi connectivity index (χ3n) is 6.67. The summed E-state index contributed by atoms with van der Waals surface area (Å²) in [5, 5.41) is 0. The predicted molar refractivity (Wildman–Crippen MR) is 127 cm³/mol. The molecule has 0 unspecified atom stereocenters. The maximum absolute atomic E-state index is 13.1. The van der Waals surface area contributed by atoms with Gasteiger partial charge in [0.2, 0.25) is 5.91 Å². The number of nitrogens with zero attached hydrogens (tertiary/aromatic N) is 4. The molecule has 1 aromatic carbocycles. The molecule has 7 heteroatoms. The van der Waals surface area contributed by atoms with E-state index in [2.05, 4.69) is 16.7 Å². The van der Waals surface area contributed by atoms with Crippen LogP contribution in [0.2, 0.25) is 0 Å². The first kappa shape index (κ1) is 24.5. The molecule has 0 bridgehead atoms. The van der Waals surface area contributed by atoms with Crippen LogP contribution in [-0.2, 0) is 4.79 Å². The zero-order valence-corrected chi connectivity index (χ0v) is 20.3. The van der Waals surface area contributed by atoms with Crippen LogP contribution in [0.4, 0.5) is 0 Å². The van der Waals surface area contributed by atoms with Gasteiger partial charge < -0.3 is 19.4 Å². The molecule has 0 aromatic heterocycles. The van der Waals surface area contributed by atoms with Crippen LogP contribution in [0.1, 0.15) is 49.4 Å². The van der Waals surface area contributed by atoms with Crippen molar-refractivity contribution in [2.75, 3.05) is 60.4 Å². The molecule has 0 spiro atoms. The Bertz CT molecular complexity index is 761. The fourth-order valence-corrected chi connectivity index (χ4v) is 4.62. The van der Waals surface area contributed by atoms with E-state index in [1.165, 1.54) is 6.42 Å². The maximum atomic E-state index is 13.1. The highest BCUT2D eigenvalue weighted by molar-refractivity contribution is 5.94. The highest BCUT2D eigenvalue weighted by Crippen LogP contribution is 2.24. The Morgan fingerprint density at radius 3 is 2.47 bits per heavy atom. The summed E-state index contributed by atoms with van der Waals surface area (Å²) in [5.74, 6) is 1.02. The molecule has 0 N–H and O–H groups in total. The molecule has 2 aliphatic rings. The Hall–Kier alpha value is -2.12. The highest BCUT2D eigenvalue weighted by Gasteiger charge is 2.33. The summed E-state index contributed by atoms with van der Waals surface area (Å²) >= 11 is 0. The molecule has 2 heterocycles. The Morgan fingerprint density at radius 2 is 1.78 bits per heavy atom. The Labute approximate surface area is 193 Å². The lowest BCUT2D eigenvalue weighted by Gasteiger charge is -2.39. The van der Waals surface area contributed by atoms with Crippen LogP contribution in [0.25, 0.3) is 0 Å². The van der Waals surface area contributed by atoms with Crippen molar-refractivity contribution in [2.45, 2.75) is 51.2 Å². The maximum Gasteiger partial charge on any atom is 0.253 e. The second-order valence-corrected chi connectivity index (χ2v) is 9.34. The normalized spacial score (nSPS) is 20.4. The summed E-state index contributed by atoms with van der Waals surface area (Å²) < 4.78 is 6.21. The number of likely N-dealkylation sites (N-methyl/N-ethyl adjacent to an activating group) is 3. The molecule has 7 nitrogen and oxygen atoms in total. The number of rotatable bonds is 8. The van der Waals surface area contributed by atoms with Gasteiger partial charge in [-0.3, -0.25) is 14.5 Å². The number of carbonyl (C=O) groups is 2. The monoisotopic (exact) mass is 444 g/mol. The molecule has 0 radical (unpaired) electrons. The SMILES string of the molecule is CCN1CCCC[C@@H]1C(=O)N1CCC(Oc2cccc(C(=O)N(C)CCN(C)C)c2)CC1. The lowest BCUT2D eigenvalue weighted by molar-refractivity contribution is -0.140. The van der Waals surface area contributed by atoms with Crippen molar-refractivity contribution in [1.82, 2.24) is 19.6 Å². The van der Waals surface area contributed by atoms with Gasteiger partial charge in [0.05, 0.1) is 6.04 Å². The van der Waals surface area contributed by atoms with Crippen molar-refractivity contribution in [3.05, 3.63) is 29.8 Å². The Kier molecular flexibility index (Phi) is 8.93. The van der Waals surface area contributed by atoms with Crippen molar-refractivity contribution in [3.63, 3.8) is 0 Å². The van der Waals surface area contributed by atoms with Crippen LogP contribution in [0.5, 0.6) is 5.75 Å². The fraction of sp³-hybridized carbons (Fsp3) is 0.680. The van der Waals surface area contributed by atoms with Gasteiger partial charge >= 0.3 is 0 Å². The second kappa shape index (κ2) is 11.7. The van der Waals surface area contributed by atoms with Crippen molar-refractivity contribution in [2.24, 2.45) is 0 Å². The number of benzene rings is 1. The number of piperidine rings is 2. The molecule has 0 aliphatic carbocycles. The van der Waals surface area contributed by atoms with Crippen LogP contribution in [0.15, 0.2) is 24.3 Å². The van der Waals surface area contributed by atoms with E-state index in [4.69, 9.17) is 4.74 Å². The number of amides is 2. The highest BCUT2D eigenvalue weighted by atomic mass is 16.5. The van der Waals surface area contributed by atoms with Crippen molar-refractivity contribution in [3.8, 4) is 5.75 Å². The first-order chi connectivity index (χ1) is 15.4. The number of likely N-dealkylation sites (tertiary alicyclic amines) is 2. The molecule has 178 valence electrons. The minimum absolute atomic E-state index is 0.00526. The lowest BCUT2D eigenvalue weighted by Crippen LogP contribution is -2.53. The average molecular weight is 445 g/mol. The van der Waals surface area contributed by atoms with Gasteiger partial charge in [-0.1, -0.05) is 19.4 Å². The van der Waals surface area contributed by atoms with Crippen LogP contribution in [0, 0.1) is 0 Å². The van der Waals surface area contributed by atoms with Crippen LogP contribution in [-0.4, -0.2) is 104 Å². The third-order valence-corrected chi connectivity index (χ3v) is 6.67. The minimum Gasteiger partial charge on any atom is -0.490 e. The summed E-state index contributed by atoms with van der Waals surface area (Å²) in [6.45, 7) is 7.10. The molecule has 0 saturated carbocycles. The smallest absolute Gasteiger partial charge is 0.253 e. The van der Waals surface area contributed by atoms with Crippen molar-refractivity contribution in [1.29, 1.82) is 0 Å². The van der Waals surface area contributed by atoms with Gasteiger partial charge in [0, 0.05) is 51.6 Å². The molecular weight excluding hydrogens is 404 g/mol. The summed E-state index contributed by atoms with van der Waals surface area (Å²) in [6, 6.07) is 7.52. The van der Waals surface area contributed by atoms with E-state index in [-0.39, 0.29) is 18.1 Å². The second-order valence-electron chi connectivity index (χ2n) is 9.34. The van der Waals surface area contributed by atoms with E-state index < -0.39 is 0 Å². The molecule has 2 aliphatic heterocycles. The molecule has 1 aromatic rings. The van der Waals surface area contributed by atoms with Crippen molar-refractivity contribution < 1.29 is 14.3 Å². The Balaban J connectivity index is 1.51. The number of hydrogen-bond donors (Lipinski definition) is 0. The topological polar surface area (TPSA) is 56.3 Å². The number of ether oxygens (including phenoxy) is 1. The van der Waals surface area contributed by atoms with E-state index in [1.54, 1.807) is 4.90 Å². The quantitative estimate of drug-likeness (QED) is 0.617. The molecular formula is C25H40N4O3. The molecule has 2 amide bonds. The van der Waals surface area contributed by atoms with Crippen molar-refractivity contribution >= 4 is 11.8 Å². The van der Waals surface area contributed by atoms with Crippen LogP contribution < -0.4 is 4.74 Å². The van der Waals surface area contributed by atoms with Gasteiger partial charge in [0.25, 0.3) is 5.91 Å². The Morgan fingerprint density at radius 1 is 1.03 bits per heavy atom. The van der Waals surface area contributed by atoms with Gasteiger partial charge in [-0.2, -0.15) is 0 Å². The van der Waals surface area contributed by atoms with E-state index in [0.29, 0.717) is 18.0 Å². The fourth-order valence-electron chi connectivity index (χ4n) is 4.62. The van der Waals surface area contributed by atoms with E-state index in [9.17, 15) is 9.59 Å².